The van der Waals surface area contributed by atoms with E-state index in [0.717, 1.165) is 26.2 Å². The van der Waals surface area contributed by atoms with E-state index < -0.39 is 5.97 Å². The lowest BCUT2D eigenvalue weighted by molar-refractivity contribution is -0.132. The van der Waals surface area contributed by atoms with Crippen LogP contribution in [0, 0.1) is 0 Å². The van der Waals surface area contributed by atoms with Gasteiger partial charge < -0.3 is 19.9 Å². The number of methoxy groups -OCH3 is 1. The third kappa shape index (κ3) is 4.47. The van der Waals surface area contributed by atoms with Gasteiger partial charge in [-0.25, -0.2) is 9.78 Å². The van der Waals surface area contributed by atoms with Gasteiger partial charge in [-0.3, -0.25) is 9.69 Å². The molecule has 3 rings (SSSR count). The largest absolute Gasteiger partial charge is 0.464 e. The molecule has 0 saturated carbocycles. The zero-order valence-corrected chi connectivity index (χ0v) is 16.4. The average molecular weight is 376 g/mol. The lowest BCUT2D eigenvalue weighted by Crippen LogP contribution is -2.56. The summed E-state index contributed by atoms with van der Waals surface area (Å²) in [4.78, 5) is 38.7. The summed E-state index contributed by atoms with van der Waals surface area (Å²) in [6, 6.07) is 2.24. The summed E-state index contributed by atoms with van der Waals surface area (Å²) in [5.74, 6) is 0.697. The predicted molar refractivity (Wildman–Crippen MR) is 102 cm³/mol. The molecule has 1 aromatic rings. The molecule has 0 aliphatic carbocycles. The van der Waals surface area contributed by atoms with Gasteiger partial charge in [0.15, 0.2) is 5.69 Å². The van der Waals surface area contributed by atoms with Crippen LogP contribution in [0.4, 0.5) is 11.8 Å². The van der Waals surface area contributed by atoms with E-state index in [1.165, 1.54) is 7.11 Å². The summed E-state index contributed by atoms with van der Waals surface area (Å²) in [7, 11) is 1.34. The van der Waals surface area contributed by atoms with E-state index in [2.05, 4.69) is 38.9 Å². The second-order valence-electron chi connectivity index (χ2n) is 7.31. The van der Waals surface area contributed by atoms with Crippen molar-refractivity contribution in [2.45, 2.75) is 32.9 Å². The van der Waals surface area contributed by atoms with E-state index in [1.807, 2.05) is 0 Å². The number of likely N-dealkylation sites (tertiary alicyclic amines) is 1. The minimum Gasteiger partial charge on any atom is -0.464 e. The topological polar surface area (TPSA) is 90.9 Å². The minimum absolute atomic E-state index is 0.0645. The predicted octanol–water partition coefficient (Wildman–Crippen LogP) is 0.436. The number of carbonyl (C=O) groups is 2. The molecule has 2 fully saturated rings. The Morgan fingerprint density at radius 2 is 1.85 bits per heavy atom. The molecule has 1 amide bonds. The Labute approximate surface area is 159 Å². The van der Waals surface area contributed by atoms with Crippen LogP contribution < -0.4 is 10.2 Å². The number of esters is 1. The minimum atomic E-state index is -0.485. The van der Waals surface area contributed by atoms with Crippen LogP contribution in [0.15, 0.2) is 6.07 Å². The Hall–Kier alpha value is -2.42. The van der Waals surface area contributed by atoms with E-state index in [9.17, 15) is 9.59 Å². The van der Waals surface area contributed by atoms with Gasteiger partial charge in [-0.2, -0.15) is 4.98 Å². The maximum atomic E-state index is 12.0. The van der Waals surface area contributed by atoms with Gasteiger partial charge in [-0.05, 0) is 13.8 Å². The highest BCUT2D eigenvalue weighted by molar-refractivity contribution is 5.88. The fourth-order valence-corrected chi connectivity index (χ4v) is 3.33. The van der Waals surface area contributed by atoms with E-state index in [-0.39, 0.29) is 17.6 Å². The van der Waals surface area contributed by atoms with Crippen LogP contribution in [0.5, 0.6) is 0 Å². The number of ether oxygens (including phenoxy) is 1. The molecule has 1 N–H and O–H groups in total. The zero-order valence-electron chi connectivity index (χ0n) is 16.4. The van der Waals surface area contributed by atoms with Crippen molar-refractivity contribution in [3.05, 3.63) is 11.8 Å². The van der Waals surface area contributed by atoms with E-state index in [0.29, 0.717) is 30.9 Å². The van der Waals surface area contributed by atoms with Crippen molar-refractivity contribution < 1.29 is 14.3 Å². The Morgan fingerprint density at radius 1 is 1.19 bits per heavy atom. The molecule has 0 unspecified atom stereocenters. The smallest absolute Gasteiger partial charge is 0.356 e. The van der Waals surface area contributed by atoms with Crippen LogP contribution in [0.2, 0.25) is 0 Å². The van der Waals surface area contributed by atoms with E-state index in [1.54, 1.807) is 17.9 Å². The number of nitrogens with zero attached hydrogens (tertiary/aromatic N) is 5. The molecule has 0 bridgehead atoms. The van der Waals surface area contributed by atoms with Gasteiger partial charge >= 0.3 is 5.97 Å². The Morgan fingerprint density at radius 3 is 2.41 bits per heavy atom. The molecule has 1 aromatic heterocycles. The van der Waals surface area contributed by atoms with Gasteiger partial charge in [0.05, 0.1) is 13.2 Å². The molecular formula is C18H28N6O3. The summed E-state index contributed by atoms with van der Waals surface area (Å²) in [5, 5.41) is 3.30. The number of hydrogen-bond acceptors (Lipinski definition) is 8. The lowest BCUT2D eigenvalue weighted by atomic mass is 10.1. The van der Waals surface area contributed by atoms with Gasteiger partial charge in [0.2, 0.25) is 11.9 Å². The molecule has 3 heterocycles. The molecule has 0 aromatic carbocycles. The molecule has 27 heavy (non-hydrogen) atoms. The maximum absolute atomic E-state index is 12.0. The molecule has 148 valence electrons. The number of nitrogens with one attached hydrogen (secondary N) is 1. The van der Waals surface area contributed by atoms with Crippen molar-refractivity contribution in [1.29, 1.82) is 0 Å². The number of aromatic nitrogens is 2. The van der Waals surface area contributed by atoms with E-state index in [4.69, 9.17) is 4.74 Å². The lowest BCUT2D eigenvalue weighted by Gasteiger charge is -2.39. The summed E-state index contributed by atoms with van der Waals surface area (Å²) in [6.07, 6.45) is 0. The van der Waals surface area contributed by atoms with Crippen molar-refractivity contribution >= 4 is 23.6 Å². The number of piperazine rings is 1. The number of hydrogen-bond donors (Lipinski definition) is 1. The summed E-state index contributed by atoms with van der Waals surface area (Å²) in [6.45, 7) is 10.7. The monoisotopic (exact) mass is 376 g/mol. The van der Waals surface area contributed by atoms with Crippen LogP contribution in [0.3, 0.4) is 0 Å². The highest BCUT2D eigenvalue weighted by atomic mass is 16.5. The fraction of sp³-hybridized carbons (Fsp3) is 0.667. The van der Waals surface area contributed by atoms with Crippen LogP contribution in [-0.2, 0) is 9.53 Å². The average Bonchev–Trinajstić information content (AvgIpc) is 2.63. The van der Waals surface area contributed by atoms with Crippen molar-refractivity contribution in [2.75, 3.05) is 56.6 Å². The number of rotatable bonds is 5. The molecule has 9 heteroatoms. The maximum Gasteiger partial charge on any atom is 0.356 e. The van der Waals surface area contributed by atoms with Gasteiger partial charge in [-0.1, -0.05) is 0 Å². The van der Waals surface area contributed by atoms with Gasteiger partial charge in [0.1, 0.15) is 5.82 Å². The number of amides is 1. The van der Waals surface area contributed by atoms with E-state index >= 15 is 0 Å². The normalized spacial score (nSPS) is 18.4. The van der Waals surface area contributed by atoms with Crippen molar-refractivity contribution in [2.24, 2.45) is 0 Å². The Bertz CT molecular complexity index is 696. The molecule has 0 atom stereocenters. The Kier molecular flexibility index (Phi) is 5.79. The van der Waals surface area contributed by atoms with Crippen molar-refractivity contribution in [3.63, 3.8) is 0 Å². The molecule has 0 spiro atoms. The first kappa shape index (κ1) is 19.3. The van der Waals surface area contributed by atoms with Gasteiger partial charge in [0.25, 0.3) is 0 Å². The first-order chi connectivity index (χ1) is 12.9. The SMILES string of the molecule is COC(=O)c1cc(NC2CN(C(C)=O)C2)nc(N2CCN(C(C)C)CC2)n1. The fourth-order valence-electron chi connectivity index (χ4n) is 3.33. The second kappa shape index (κ2) is 8.08. The third-order valence-corrected chi connectivity index (χ3v) is 5.12. The highest BCUT2D eigenvalue weighted by Crippen LogP contribution is 2.20. The van der Waals surface area contributed by atoms with Crippen LogP contribution >= 0.6 is 0 Å². The quantitative estimate of drug-likeness (QED) is 0.740. The molecule has 2 aliphatic rings. The van der Waals surface area contributed by atoms with Crippen molar-refractivity contribution in [1.82, 2.24) is 19.8 Å². The zero-order chi connectivity index (χ0) is 19.6. The molecular weight excluding hydrogens is 348 g/mol. The molecule has 0 radical (unpaired) electrons. The van der Waals surface area contributed by atoms with Crippen molar-refractivity contribution in [3.8, 4) is 0 Å². The number of carbonyl (C=O) groups excluding carboxylic acids is 2. The molecule has 9 nitrogen and oxygen atoms in total. The summed E-state index contributed by atoms with van der Waals surface area (Å²) >= 11 is 0. The molecule has 2 saturated heterocycles. The molecule has 2 aliphatic heterocycles. The first-order valence-corrected chi connectivity index (χ1v) is 9.36. The number of anilines is 2. The second-order valence-corrected chi connectivity index (χ2v) is 7.31. The summed E-state index contributed by atoms with van der Waals surface area (Å²) in [5.41, 5.74) is 0.235. The summed E-state index contributed by atoms with van der Waals surface area (Å²) < 4.78 is 4.84. The Balaban J connectivity index is 1.73. The standard InChI is InChI=1S/C18H28N6O3/c1-12(2)22-5-7-23(8-6-22)18-20-15(17(26)27-4)9-16(21-18)19-14-10-24(11-14)13(3)25/h9,12,14H,5-8,10-11H2,1-4H3,(H,19,20,21). The third-order valence-electron chi connectivity index (χ3n) is 5.12. The van der Waals surface area contributed by atoms with Gasteiger partial charge in [-0.15, -0.1) is 0 Å². The first-order valence-electron chi connectivity index (χ1n) is 9.36. The van der Waals surface area contributed by atoms with Crippen LogP contribution in [-0.4, -0.2) is 90.1 Å². The van der Waals surface area contributed by atoms with Crippen LogP contribution in [0.25, 0.3) is 0 Å². The van der Waals surface area contributed by atoms with Gasteiger partial charge in [0, 0.05) is 58.3 Å². The highest BCUT2D eigenvalue weighted by Gasteiger charge is 2.29. The van der Waals surface area contributed by atoms with Crippen LogP contribution in [0.1, 0.15) is 31.3 Å².